The molecule has 118 valence electrons. The van der Waals surface area contributed by atoms with Crippen molar-refractivity contribution in [1.82, 2.24) is 4.31 Å². The molecule has 21 heavy (non-hydrogen) atoms. The Bertz CT molecular complexity index is 539. The van der Waals surface area contributed by atoms with E-state index in [1.807, 2.05) is 0 Å². The standard InChI is InChI=1S/C14H22N2O4S/c1-16(12-7-10-19-11-12)21(17,18)14-5-3-13(4-6-14)20-9-2-8-15/h3-6,12H,2,7-11,15H2,1H3. The van der Waals surface area contributed by atoms with E-state index >= 15 is 0 Å². The number of likely N-dealkylation sites (N-methyl/N-ethyl adjacent to an activating group) is 1. The Morgan fingerprint density at radius 1 is 1.38 bits per heavy atom. The summed E-state index contributed by atoms with van der Waals surface area (Å²) >= 11 is 0. The second-order valence-electron chi connectivity index (χ2n) is 5.00. The van der Waals surface area contributed by atoms with Crippen molar-refractivity contribution in [2.75, 3.05) is 33.4 Å². The molecule has 6 nitrogen and oxygen atoms in total. The van der Waals surface area contributed by atoms with Gasteiger partial charge in [-0.1, -0.05) is 0 Å². The minimum Gasteiger partial charge on any atom is -0.494 e. The number of rotatable bonds is 7. The fourth-order valence-electron chi connectivity index (χ4n) is 2.15. The lowest BCUT2D eigenvalue weighted by atomic mass is 10.3. The van der Waals surface area contributed by atoms with Crippen LogP contribution in [0, 0.1) is 0 Å². The van der Waals surface area contributed by atoms with Gasteiger partial charge < -0.3 is 15.2 Å². The molecule has 2 rings (SSSR count). The largest absolute Gasteiger partial charge is 0.494 e. The third kappa shape index (κ3) is 3.94. The van der Waals surface area contributed by atoms with Gasteiger partial charge >= 0.3 is 0 Å². The van der Waals surface area contributed by atoms with E-state index in [9.17, 15) is 8.42 Å². The highest BCUT2D eigenvalue weighted by atomic mass is 32.2. The molecule has 0 aliphatic carbocycles. The van der Waals surface area contributed by atoms with Crippen LogP contribution in [0.3, 0.4) is 0 Å². The van der Waals surface area contributed by atoms with Crippen LogP contribution in [-0.2, 0) is 14.8 Å². The first-order valence-electron chi connectivity index (χ1n) is 7.04. The van der Waals surface area contributed by atoms with E-state index in [4.69, 9.17) is 15.2 Å². The van der Waals surface area contributed by atoms with Gasteiger partial charge in [0.15, 0.2) is 0 Å². The predicted octanol–water partition coefficient (Wildman–Crippen LogP) is 0.824. The molecule has 1 aliphatic heterocycles. The number of hydrogen-bond donors (Lipinski definition) is 1. The maximum Gasteiger partial charge on any atom is 0.243 e. The lowest BCUT2D eigenvalue weighted by molar-refractivity contribution is 0.181. The van der Waals surface area contributed by atoms with Gasteiger partial charge in [0.05, 0.1) is 24.2 Å². The summed E-state index contributed by atoms with van der Waals surface area (Å²) in [6.45, 7) is 2.16. The first-order chi connectivity index (χ1) is 10.1. The van der Waals surface area contributed by atoms with E-state index in [1.54, 1.807) is 31.3 Å². The Hall–Kier alpha value is -1.15. The molecule has 0 amide bonds. The number of benzene rings is 1. The zero-order valence-electron chi connectivity index (χ0n) is 12.2. The number of nitrogens with zero attached hydrogens (tertiary/aromatic N) is 1. The van der Waals surface area contributed by atoms with Crippen LogP contribution in [0.4, 0.5) is 0 Å². The molecule has 0 aromatic heterocycles. The van der Waals surface area contributed by atoms with Crippen LogP contribution < -0.4 is 10.5 Å². The summed E-state index contributed by atoms with van der Waals surface area (Å²) in [4.78, 5) is 0.267. The normalized spacial score (nSPS) is 19.1. The van der Waals surface area contributed by atoms with Crippen LogP contribution in [0.15, 0.2) is 29.2 Å². The molecule has 0 spiro atoms. The summed E-state index contributed by atoms with van der Waals surface area (Å²) in [7, 11) is -1.89. The Kier molecular flexibility index (Phi) is 5.58. The van der Waals surface area contributed by atoms with Crippen LogP contribution in [0.2, 0.25) is 0 Å². The minimum absolute atomic E-state index is 0.0875. The van der Waals surface area contributed by atoms with Crippen molar-refractivity contribution >= 4 is 10.0 Å². The smallest absolute Gasteiger partial charge is 0.243 e. The van der Waals surface area contributed by atoms with E-state index in [2.05, 4.69) is 0 Å². The zero-order chi connectivity index (χ0) is 15.3. The number of sulfonamides is 1. The third-order valence-electron chi connectivity index (χ3n) is 3.54. The molecule has 7 heteroatoms. The van der Waals surface area contributed by atoms with Crippen molar-refractivity contribution in [2.45, 2.75) is 23.8 Å². The van der Waals surface area contributed by atoms with E-state index < -0.39 is 10.0 Å². The van der Waals surface area contributed by atoms with E-state index in [-0.39, 0.29) is 10.9 Å². The lowest BCUT2D eigenvalue weighted by Gasteiger charge is -2.22. The van der Waals surface area contributed by atoms with Crippen molar-refractivity contribution in [2.24, 2.45) is 5.73 Å². The van der Waals surface area contributed by atoms with Crippen molar-refractivity contribution < 1.29 is 17.9 Å². The molecular formula is C14H22N2O4S. The molecule has 1 fully saturated rings. The highest BCUT2D eigenvalue weighted by Gasteiger charge is 2.30. The second-order valence-corrected chi connectivity index (χ2v) is 7.00. The number of hydrogen-bond acceptors (Lipinski definition) is 5. The number of ether oxygens (including phenoxy) is 2. The molecule has 0 saturated carbocycles. The molecular weight excluding hydrogens is 292 g/mol. The Labute approximate surface area is 125 Å². The summed E-state index contributed by atoms with van der Waals surface area (Å²) in [5.41, 5.74) is 5.39. The van der Waals surface area contributed by atoms with E-state index in [0.29, 0.717) is 32.1 Å². The summed E-state index contributed by atoms with van der Waals surface area (Å²) < 4.78 is 37.1. The molecule has 1 saturated heterocycles. The Balaban J connectivity index is 2.05. The molecule has 1 unspecified atom stereocenters. The molecule has 1 aliphatic rings. The van der Waals surface area contributed by atoms with Gasteiger partial charge in [-0.3, -0.25) is 0 Å². The van der Waals surface area contributed by atoms with Gasteiger partial charge in [0.2, 0.25) is 10.0 Å². The highest BCUT2D eigenvalue weighted by molar-refractivity contribution is 7.89. The molecule has 2 N–H and O–H groups in total. The van der Waals surface area contributed by atoms with Gasteiger partial charge in [-0.25, -0.2) is 8.42 Å². The Morgan fingerprint density at radius 2 is 2.10 bits per heavy atom. The highest BCUT2D eigenvalue weighted by Crippen LogP contribution is 2.22. The van der Waals surface area contributed by atoms with E-state index in [1.165, 1.54) is 4.31 Å². The summed E-state index contributed by atoms with van der Waals surface area (Å²) in [6, 6.07) is 6.39. The van der Waals surface area contributed by atoms with Gasteiger partial charge in [-0.2, -0.15) is 4.31 Å². The van der Waals surface area contributed by atoms with Gasteiger partial charge in [0.25, 0.3) is 0 Å². The van der Waals surface area contributed by atoms with Crippen molar-refractivity contribution in [3.8, 4) is 5.75 Å². The third-order valence-corrected chi connectivity index (χ3v) is 5.46. The van der Waals surface area contributed by atoms with Crippen LogP contribution in [0.1, 0.15) is 12.8 Å². The maximum absolute atomic E-state index is 12.5. The zero-order valence-corrected chi connectivity index (χ0v) is 13.0. The Morgan fingerprint density at radius 3 is 2.67 bits per heavy atom. The van der Waals surface area contributed by atoms with Gasteiger partial charge in [0, 0.05) is 13.7 Å². The monoisotopic (exact) mass is 314 g/mol. The molecule has 1 aromatic carbocycles. The summed E-state index contributed by atoms with van der Waals surface area (Å²) in [5, 5.41) is 0. The maximum atomic E-state index is 12.5. The second kappa shape index (κ2) is 7.22. The molecule has 1 heterocycles. The predicted molar refractivity (Wildman–Crippen MR) is 79.8 cm³/mol. The lowest BCUT2D eigenvalue weighted by Crippen LogP contribution is -2.37. The molecule has 1 atom stereocenters. The fraction of sp³-hybridized carbons (Fsp3) is 0.571. The van der Waals surface area contributed by atoms with Crippen LogP contribution in [0.25, 0.3) is 0 Å². The van der Waals surface area contributed by atoms with Gasteiger partial charge in [0.1, 0.15) is 5.75 Å². The summed E-state index contributed by atoms with van der Waals surface area (Å²) in [5.74, 6) is 0.647. The van der Waals surface area contributed by atoms with Crippen molar-refractivity contribution in [1.29, 1.82) is 0 Å². The van der Waals surface area contributed by atoms with Crippen LogP contribution >= 0.6 is 0 Å². The van der Waals surface area contributed by atoms with Crippen molar-refractivity contribution in [3.05, 3.63) is 24.3 Å². The number of nitrogens with two attached hydrogens (primary N) is 1. The van der Waals surface area contributed by atoms with Crippen LogP contribution in [-0.4, -0.2) is 52.2 Å². The van der Waals surface area contributed by atoms with E-state index in [0.717, 1.165) is 12.8 Å². The quantitative estimate of drug-likeness (QED) is 0.754. The average molecular weight is 314 g/mol. The molecule has 0 bridgehead atoms. The molecule has 0 radical (unpaired) electrons. The van der Waals surface area contributed by atoms with Crippen molar-refractivity contribution in [3.63, 3.8) is 0 Å². The average Bonchev–Trinajstić information content (AvgIpc) is 3.01. The minimum atomic E-state index is -3.49. The van der Waals surface area contributed by atoms with Gasteiger partial charge in [-0.15, -0.1) is 0 Å². The molecule has 1 aromatic rings. The first-order valence-corrected chi connectivity index (χ1v) is 8.48. The SMILES string of the molecule is CN(C1CCOC1)S(=O)(=O)c1ccc(OCCCN)cc1. The topological polar surface area (TPSA) is 81.9 Å². The summed E-state index contributed by atoms with van der Waals surface area (Å²) in [6.07, 6.45) is 1.50. The van der Waals surface area contributed by atoms with Gasteiger partial charge in [-0.05, 0) is 43.7 Å². The first kappa shape index (κ1) is 16.2. The fourth-order valence-corrected chi connectivity index (χ4v) is 3.52. The van der Waals surface area contributed by atoms with Crippen LogP contribution in [0.5, 0.6) is 5.75 Å².